The number of carbonyl (C=O) groups is 2. The Balaban J connectivity index is 2.20. The molecule has 1 aliphatic carbocycles. The molecule has 0 N–H and O–H groups in total. The van der Waals surface area contributed by atoms with Crippen LogP contribution in [-0.2, 0) is 24.5 Å². The lowest BCUT2D eigenvalue weighted by Gasteiger charge is -2.32. The van der Waals surface area contributed by atoms with Gasteiger partial charge in [-0.3, -0.25) is 14.6 Å². The summed E-state index contributed by atoms with van der Waals surface area (Å²) < 4.78 is 9.93. The van der Waals surface area contributed by atoms with Gasteiger partial charge in [-0.05, 0) is 37.3 Å². The van der Waals surface area contributed by atoms with E-state index < -0.39 is 22.8 Å². The summed E-state index contributed by atoms with van der Waals surface area (Å²) in [6, 6.07) is 7.84. The molecule has 1 aliphatic heterocycles. The van der Waals surface area contributed by atoms with Crippen molar-refractivity contribution in [2.75, 3.05) is 14.2 Å². The summed E-state index contributed by atoms with van der Waals surface area (Å²) >= 11 is 0. The van der Waals surface area contributed by atoms with Gasteiger partial charge in [-0.2, -0.15) is 0 Å². The van der Waals surface area contributed by atoms with E-state index in [4.69, 9.17) is 9.47 Å². The highest BCUT2D eigenvalue weighted by atomic mass is 16.5. The van der Waals surface area contributed by atoms with E-state index in [1.165, 1.54) is 14.2 Å². The highest BCUT2D eigenvalue weighted by molar-refractivity contribution is 6.06. The van der Waals surface area contributed by atoms with Crippen LogP contribution in [0.1, 0.15) is 25.3 Å². The molecule has 1 aromatic rings. The third-order valence-electron chi connectivity index (χ3n) is 5.54. The van der Waals surface area contributed by atoms with Crippen LogP contribution in [0.5, 0.6) is 0 Å². The third-order valence-corrected chi connectivity index (χ3v) is 5.54. The van der Waals surface area contributed by atoms with E-state index in [2.05, 4.69) is 11.6 Å². The molecule has 0 aromatic heterocycles. The van der Waals surface area contributed by atoms with Gasteiger partial charge in [0.25, 0.3) is 0 Å². The van der Waals surface area contributed by atoms with Gasteiger partial charge in [-0.1, -0.05) is 24.3 Å². The number of hydrogen-bond donors (Lipinski definition) is 0. The predicted molar refractivity (Wildman–Crippen MR) is 90.3 cm³/mol. The number of aliphatic imine (C=N–C) groups is 1. The third kappa shape index (κ3) is 1.90. The number of nitrogens with zero attached hydrogens (tertiary/aromatic N) is 1. The largest absolute Gasteiger partial charge is 0.468 e. The first-order chi connectivity index (χ1) is 11.5. The molecule has 2 aliphatic rings. The summed E-state index contributed by atoms with van der Waals surface area (Å²) in [5.74, 6) is -1.23. The topological polar surface area (TPSA) is 65.0 Å². The Morgan fingerprint density at radius 3 is 2.46 bits per heavy atom. The molecule has 0 bridgehead atoms. The molecule has 3 rings (SSSR count). The second-order valence-electron chi connectivity index (χ2n) is 6.47. The molecule has 0 saturated heterocycles. The van der Waals surface area contributed by atoms with Crippen molar-refractivity contribution in [2.24, 2.45) is 16.3 Å². The molecule has 1 saturated carbocycles. The fourth-order valence-corrected chi connectivity index (χ4v) is 4.41. The van der Waals surface area contributed by atoms with E-state index in [1.807, 2.05) is 37.3 Å². The summed E-state index contributed by atoms with van der Waals surface area (Å²) in [6.45, 7) is 5.89. The summed E-state index contributed by atoms with van der Waals surface area (Å²) in [5.41, 5.74) is 0.940. The van der Waals surface area contributed by atoms with Crippen molar-refractivity contribution in [1.82, 2.24) is 0 Å². The van der Waals surface area contributed by atoms with Gasteiger partial charge >= 0.3 is 11.9 Å². The lowest BCUT2D eigenvalue weighted by atomic mass is 9.69. The molecule has 24 heavy (non-hydrogen) atoms. The van der Waals surface area contributed by atoms with E-state index in [0.717, 1.165) is 17.0 Å². The van der Waals surface area contributed by atoms with Crippen LogP contribution in [0.4, 0.5) is 5.69 Å². The molecule has 5 heteroatoms. The van der Waals surface area contributed by atoms with Crippen molar-refractivity contribution in [3.63, 3.8) is 0 Å². The number of benzene rings is 1. The second-order valence-corrected chi connectivity index (χ2v) is 6.47. The first-order valence-corrected chi connectivity index (χ1v) is 7.91. The van der Waals surface area contributed by atoms with Gasteiger partial charge in [0.05, 0.1) is 19.9 Å². The van der Waals surface area contributed by atoms with Crippen molar-refractivity contribution in [1.29, 1.82) is 0 Å². The average molecular weight is 327 g/mol. The Bertz CT molecular complexity index is 735. The molecule has 126 valence electrons. The zero-order valence-electron chi connectivity index (χ0n) is 14.2. The quantitative estimate of drug-likeness (QED) is 0.486. The monoisotopic (exact) mass is 327 g/mol. The van der Waals surface area contributed by atoms with E-state index >= 15 is 0 Å². The number of para-hydroxylation sites is 1. The molecule has 0 unspecified atom stereocenters. The zero-order chi connectivity index (χ0) is 17.5. The number of ether oxygens (including phenoxy) is 2. The molecule has 2 atom stereocenters. The fourth-order valence-electron chi connectivity index (χ4n) is 4.41. The minimum Gasteiger partial charge on any atom is -0.468 e. The maximum absolute atomic E-state index is 12.6. The normalized spacial score (nSPS) is 26.6. The molecule has 1 heterocycles. The number of hydrogen-bond acceptors (Lipinski definition) is 5. The zero-order valence-corrected chi connectivity index (χ0v) is 14.2. The SMILES string of the molecule is C=C[C@H]1CC(C(=O)OC)(C(=O)OC)C[C@]12C(C)=Nc1ccccc12. The van der Waals surface area contributed by atoms with Crippen LogP contribution in [0, 0.1) is 11.3 Å². The molecular formula is C19H21NO4. The van der Waals surface area contributed by atoms with Crippen molar-refractivity contribution in [3.8, 4) is 0 Å². The molecule has 0 amide bonds. The smallest absolute Gasteiger partial charge is 0.323 e. The highest BCUT2D eigenvalue weighted by Crippen LogP contribution is 2.60. The summed E-state index contributed by atoms with van der Waals surface area (Å²) in [6.07, 6.45) is 2.40. The van der Waals surface area contributed by atoms with Gasteiger partial charge < -0.3 is 9.47 Å². The van der Waals surface area contributed by atoms with Gasteiger partial charge in [0, 0.05) is 11.1 Å². The maximum Gasteiger partial charge on any atom is 0.323 e. The van der Waals surface area contributed by atoms with Crippen molar-refractivity contribution >= 4 is 23.3 Å². The molecule has 1 fully saturated rings. The lowest BCUT2D eigenvalue weighted by molar-refractivity contribution is -0.169. The van der Waals surface area contributed by atoms with Crippen LogP contribution >= 0.6 is 0 Å². The van der Waals surface area contributed by atoms with Crippen LogP contribution in [0.3, 0.4) is 0 Å². The maximum atomic E-state index is 12.6. The number of rotatable bonds is 3. The van der Waals surface area contributed by atoms with Gasteiger partial charge in [0.15, 0.2) is 5.41 Å². The van der Waals surface area contributed by atoms with E-state index in [1.54, 1.807) is 0 Å². The Kier molecular flexibility index (Phi) is 3.82. The number of methoxy groups -OCH3 is 2. The van der Waals surface area contributed by atoms with Crippen LogP contribution in [0.2, 0.25) is 0 Å². The van der Waals surface area contributed by atoms with Crippen LogP contribution in [0.15, 0.2) is 41.9 Å². The van der Waals surface area contributed by atoms with Crippen molar-refractivity contribution in [2.45, 2.75) is 25.2 Å². The van der Waals surface area contributed by atoms with Crippen LogP contribution < -0.4 is 0 Å². The van der Waals surface area contributed by atoms with Gasteiger partial charge in [-0.15, -0.1) is 6.58 Å². The lowest BCUT2D eigenvalue weighted by Crippen LogP contribution is -2.42. The van der Waals surface area contributed by atoms with Gasteiger partial charge in [0.1, 0.15) is 0 Å². The molecule has 1 aromatic carbocycles. The number of fused-ring (bicyclic) bond motifs is 2. The number of carbonyl (C=O) groups excluding carboxylic acids is 2. The van der Waals surface area contributed by atoms with Crippen molar-refractivity contribution < 1.29 is 19.1 Å². The van der Waals surface area contributed by atoms with E-state index in [-0.39, 0.29) is 12.3 Å². The highest BCUT2D eigenvalue weighted by Gasteiger charge is 2.65. The fraction of sp³-hybridized carbons (Fsp3) is 0.421. The van der Waals surface area contributed by atoms with Crippen LogP contribution in [0.25, 0.3) is 0 Å². The van der Waals surface area contributed by atoms with Gasteiger partial charge in [0.2, 0.25) is 0 Å². The second kappa shape index (κ2) is 5.58. The minimum absolute atomic E-state index is 0.108. The molecule has 5 nitrogen and oxygen atoms in total. The first kappa shape index (κ1) is 16.4. The average Bonchev–Trinajstić information content (AvgIpc) is 3.11. The summed E-state index contributed by atoms with van der Waals surface area (Å²) in [5, 5.41) is 0. The van der Waals surface area contributed by atoms with E-state index in [0.29, 0.717) is 6.42 Å². The van der Waals surface area contributed by atoms with E-state index in [9.17, 15) is 9.59 Å². The molecular weight excluding hydrogens is 306 g/mol. The number of esters is 2. The molecule has 1 spiro atoms. The predicted octanol–water partition coefficient (Wildman–Crippen LogP) is 2.96. The minimum atomic E-state index is -1.34. The van der Waals surface area contributed by atoms with Crippen LogP contribution in [-0.4, -0.2) is 31.9 Å². The summed E-state index contributed by atoms with van der Waals surface area (Å²) in [7, 11) is 2.59. The Labute approximate surface area is 141 Å². The van der Waals surface area contributed by atoms with Gasteiger partial charge in [-0.25, -0.2) is 0 Å². The standard InChI is InChI=1S/C19H21NO4/c1-5-13-10-18(16(21)23-3,17(22)24-4)11-19(13)12(2)20-15-9-7-6-8-14(15)19/h5-9,13H,1,10-11H2,2-4H3/t13-,19-/m0/s1. The Morgan fingerprint density at radius 2 is 1.88 bits per heavy atom. The Hall–Kier alpha value is -2.43. The van der Waals surface area contributed by atoms with Crippen molar-refractivity contribution in [3.05, 3.63) is 42.5 Å². The number of allylic oxidation sites excluding steroid dienone is 1. The Morgan fingerprint density at radius 1 is 1.25 bits per heavy atom. The summed E-state index contributed by atoms with van der Waals surface area (Å²) in [4.78, 5) is 29.8. The molecule has 0 radical (unpaired) electrons. The first-order valence-electron chi connectivity index (χ1n) is 7.91.